The van der Waals surface area contributed by atoms with Crippen LogP contribution in [-0.4, -0.2) is 36.7 Å². The van der Waals surface area contributed by atoms with Crippen LogP contribution >= 0.6 is 0 Å². The molecule has 0 bridgehead atoms. The van der Waals surface area contributed by atoms with Crippen molar-refractivity contribution in [3.8, 4) is 17.6 Å². The lowest BCUT2D eigenvalue weighted by Crippen LogP contribution is -2.43. The molecule has 1 aliphatic carbocycles. The Morgan fingerprint density at radius 2 is 2.12 bits per heavy atom. The zero-order valence-corrected chi connectivity index (χ0v) is 13.6. The maximum absolute atomic E-state index is 10.4. The Balaban J connectivity index is 1.66. The topological polar surface area (TPSA) is 122 Å². The van der Waals surface area contributed by atoms with Crippen molar-refractivity contribution < 1.29 is 19.3 Å². The normalized spacial score (nSPS) is 28.6. The van der Waals surface area contributed by atoms with Crippen molar-refractivity contribution in [2.24, 2.45) is 11.7 Å². The molecule has 2 aliphatic heterocycles. The Labute approximate surface area is 145 Å². The first-order chi connectivity index (χ1) is 12.1. The van der Waals surface area contributed by atoms with E-state index in [9.17, 15) is 10.4 Å². The van der Waals surface area contributed by atoms with E-state index < -0.39 is 0 Å². The van der Waals surface area contributed by atoms with Gasteiger partial charge in [0, 0.05) is 23.6 Å². The third kappa shape index (κ3) is 2.64. The fourth-order valence-electron chi connectivity index (χ4n) is 3.72. The number of hydrogen-bond donors (Lipinski definition) is 3. The minimum absolute atomic E-state index is 0.134. The average molecular weight is 341 g/mol. The number of ether oxygens (including phenoxy) is 3. The minimum atomic E-state index is -0.319. The van der Waals surface area contributed by atoms with Crippen molar-refractivity contribution in [3.05, 3.63) is 34.5 Å². The Kier molecular flexibility index (Phi) is 3.86. The Morgan fingerprint density at radius 1 is 1.28 bits per heavy atom. The number of hydrogen-bond acceptors (Lipinski definition) is 7. The lowest BCUT2D eigenvalue weighted by Gasteiger charge is -2.37. The van der Waals surface area contributed by atoms with Crippen LogP contribution < -0.4 is 10.5 Å². The second-order valence-corrected chi connectivity index (χ2v) is 6.55. The first kappa shape index (κ1) is 15.9. The number of phenols is 1. The molecule has 4 N–H and O–H groups in total. The highest BCUT2D eigenvalue weighted by atomic mass is 16.6. The smallest absolute Gasteiger partial charge is 0.123 e. The third-order valence-electron chi connectivity index (χ3n) is 5.03. The van der Waals surface area contributed by atoms with Crippen LogP contribution in [0, 0.1) is 22.7 Å². The van der Waals surface area contributed by atoms with Crippen molar-refractivity contribution in [2.75, 3.05) is 19.8 Å². The largest absolute Gasteiger partial charge is 0.508 e. The van der Waals surface area contributed by atoms with Crippen LogP contribution in [0.2, 0.25) is 0 Å². The summed E-state index contributed by atoms with van der Waals surface area (Å²) in [6, 6.07) is 5.48. The second-order valence-electron chi connectivity index (χ2n) is 6.55. The lowest BCUT2D eigenvalue weighted by atomic mass is 9.77. The fourth-order valence-corrected chi connectivity index (χ4v) is 3.72. The highest BCUT2D eigenvalue weighted by Crippen LogP contribution is 2.42. The molecule has 7 nitrogen and oxygen atoms in total. The van der Waals surface area contributed by atoms with E-state index in [-0.39, 0.29) is 35.2 Å². The van der Waals surface area contributed by atoms with Gasteiger partial charge >= 0.3 is 0 Å². The van der Waals surface area contributed by atoms with Gasteiger partial charge in [0.05, 0.1) is 31.1 Å². The van der Waals surface area contributed by atoms with E-state index in [1.807, 2.05) is 6.07 Å². The third-order valence-corrected chi connectivity index (χ3v) is 5.03. The summed E-state index contributed by atoms with van der Waals surface area (Å²) < 4.78 is 17.2. The van der Waals surface area contributed by atoms with Crippen molar-refractivity contribution in [2.45, 2.75) is 25.0 Å². The molecule has 3 aliphatic rings. The van der Waals surface area contributed by atoms with E-state index in [4.69, 9.17) is 25.4 Å². The molecule has 0 saturated carbocycles. The van der Waals surface area contributed by atoms with Gasteiger partial charge in [-0.1, -0.05) is 0 Å². The van der Waals surface area contributed by atoms with Crippen molar-refractivity contribution in [1.82, 2.24) is 0 Å². The summed E-state index contributed by atoms with van der Waals surface area (Å²) in [7, 11) is 0. The van der Waals surface area contributed by atoms with Crippen LogP contribution in [0.3, 0.4) is 0 Å². The maximum Gasteiger partial charge on any atom is 0.123 e. The number of phenolic OH excluding ortho intramolecular Hbond substituents is 1. The van der Waals surface area contributed by atoms with E-state index >= 15 is 0 Å². The summed E-state index contributed by atoms with van der Waals surface area (Å²) in [5.74, 6) is 0.576. The quantitative estimate of drug-likeness (QED) is 0.712. The monoisotopic (exact) mass is 341 g/mol. The molecule has 1 aromatic rings. The van der Waals surface area contributed by atoms with Gasteiger partial charge in [-0.3, -0.25) is 0 Å². The number of benzene rings is 1. The van der Waals surface area contributed by atoms with E-state index in [2.05, 4.69) is 0 Å². The molecule has 1 aromatic carbocycles. The van der Waals surface area contributed by atoms with E-state index in [1.165, 1.54) is 0 Å². The van der Waals surface area contributed by atoms with Gasteiger partial charge in [-0.05, 0) is 24.1 Å². The molecule has 0 spiro atoms. The predicted molar refractivity (Wildman–Crippen MR) is 88.4 cm³/mol. The van der Waals surface area contributed by atoms with Crippen molar-refractivity contribution in [3.63, 3.8) is 0 Å². The van der Waals surface area contributed by atoms with Gasteiger partial charge in [-0.15, -0.1) is 0 Å². The number of nitrogens with two attached hydrogens (primary N) is 1. The summed E-state index contributed by atoms with van der Waals surface area (Å²) in [6.45, 7) is 1.43. The Hall–Kier alpha value is -2.56. The average Bonchev–Trinajstić information content (AvgIpc) is 2.61. The molecule has 7 heteroatoms. The second kappa shape index (κ2) is 6.06. The standard InChI is InChI=1S/C18H19N3O4/c19-7-12-13(20)6-16-11(18(12)21)3-9-4-14(22)10(5-15(9)25-16)17-8-23-1-2-24-17/h4-5,11,16-17,21-22H,1-3,6,8,20H2. The fraction of sp³-hybridized carbons (Fsp3) is 0.444. The summed E-state index contributed by atoms with van der Waals surface area (Å²) in [5.41, 5.74) is 8.27. The molecule has 3 atom stereocenters. The summed E-state index contributed by atoms with van der Waals surface area (Å²) in [4.78, 5) is 0. The number of nitrogens with zero attached hydrogens (tertiary/aromatic N) is 1. The molecule has 0 radical (unpaired) electrons. The summed E-state index contributed by atoms with van der Waals surface area (Å²) >= 11 is 0. The van der Waals surface area contributed by atoms with Crippen LogP contribution in [0.5, 0.6) is 11.5 Å². The van der Waals surface area contributed by atoms with E-state index in [0.29, 0.717) is 49.7 Å². The van der Waals surface area contributed by atoms with Crippen LogP contribution in [-0.2, 0) is 15.9 Å². The van der Waals surface area contributed by atoms with Gasteiger partial charge in [0.1, 0.15) is 29.8 Å². The van der Waals surface area contributed by atoms with E-state index in [0.717, 1.165) is 5.56 Å². The number of allylic oxidation sites excluding steroid dienone is 1. The van der Waals surface area contributed by atoms with Crippen LogP contribution in [0.25, 0.3) is 0 Å². The van der Waals surface area contributed by atoms with Gasteiger partial charge in [-0.25, -0.2) is 0 Å². The molecular weight excluding hydrogens is 322 g/mol. The number of rotatable bonds is 1. The molecule has 0 amide bonds. The zero-order chi connectivity index (χ0) is 17.6. The number of nitrogens with one attached hydrogen (secondary N) is 1. The molecule has 2 heterocycles. The number of aromatic hydroxyl groups is 1. The number of fused-ring (bicyclic) bond motifs is 2. The van der Waals surface area contributed by atoms with E-state index in [1.54, 1.807) is 12.1 Å². The van der Waals surface area contributed by atoms with Crippen LogP contribution in [0.1, 0.15) is 23.7 Å². The first-order valence-corrected chi connectivity index (χ1v) is 8.27. The highest BCUT2D eigenvalue weighted by Gasteiger charge is 2.39. The highest BCUT2D eigenvalue weighted by molar-refractivity contribution is 6.05. The SMILES string of the molecule is N#CC1=C(N)CC2Oc3cc(C4COCCO4)c(O)cc3CC2C1=N. The van der Waals surface area contributed by atoms with Gasteiger partial charge in [-0.2, -0.15) is 5.26 Å². The minimum Gasteiger partial charge on any atom is -0.508 e. The molecular formula is C18H19N3O4. The molecule has 130 valence electrons. The molecule has 25 heavy (non-hydrogen) atoms. The maximum atomic E-state index is 10.4. The summed E-state index contributed by atoms with van der Waals surface area (Å²) in [6.07, 6.45) is 0.375. The zero-order valence-electron chi connectivity index (χ0n) is 13.6. The molecule has 0 aromatic heterocycles. The summed E-state index contributed by atoms with van der Waals surface area (Å²) in [5, 5.41) is 27.9. The van der Waals surface area contributed by atoms with Gasteiger partial charge < -0.3 is 30.5 Å². The van der Waals surface area contributed by atoms with Gasteiger partial charge in [0.2, 0.25) is 0 Å². The molecule has 1 fully saturated rings. The number of nitriles is 1. The van der Waals surface area contributed by atoms with Gasteiger partial charge in [0.15, 0.2) is 0 Å². The Morgan fingerprint density at radius 3 is 2.84 bits per heavy atom. The molecule has 4 rings (SSSR count). The van der Waals surface area contributed by atoms with Crippen LogP contribution in [0.4, 0.5) is 0 Å². The first-order valence-electron chi connectivity index (χ1n) is 8.27. The predicted octanol–water partition coefficient (Wildman–Crippen LogP) is 1.56. The van der Waals surface area contributed by atoms with Crippen LogP contribution in [0.15, 0.2) is 23.4 Å². The Bertz CT molecular complexity index is 805. The molecule has 3 unspecified atom stereocenters. The van der Waals surface area contributed by atoms with Crippen molar-refractivity contribution >= 4 is 5.71 Å². The lowest BCUT2D eigenvalue weighted by molar-refractivity contribution is -0.0909. The van der Waals surface area contributed by atoms with Gasteiger partial charge in [0.25, 0.3) is 0 Å². The van der Waals surface area contributed by atoms with Crippen molar-refractivity contribution in [1.29, 1.82) is 10.7 Å². The molecule has 1 saturated heterocycles.